The summed E-state index contributed by atoms with van der Waals surface area (Å²) in [5.41, 5.74) is 7.52. The number of anilines is 1. The highest BCUT2D eigenvalue weighted by Crippen LogP contribution is 2.36. The number of nitrogens with one attached hydrogen (secondary N) is 1. The monoisotopic (exact) mass is 417 g/mol. The summed E-state index contributed by atoms with van der Waals surface area (Å²) in [5.74, 6) is 1.51. The minimum atomic E-state index is -4.50. The van der Waals surface area contributed by atoms with E-state index in [0.29, 0.717) is 36.2 Å². The maximum atomic E-state index is 13.5. The number of hydrogen-bond acceptors (Lipinski definition) is 5. The average molecular weight is 417 g/mol. The van der Waals surface area contributed by atoms with E-state index in [4.69, 9.17) is 5.73 Å². The summed E-state index contributed by atoms with van der Waals surface area (Å²) in [6.07, 6.45) is -2.18. The van der Waals surface area contributed by atoms with Crippen molar-refractivity contribution in [2.75, 3.05) is 11.9 Å². The molecule has 1 aromatic heterocycles. The van der Waals surface area contributed by atoms with Crippen LogP contribution in [0.3, 0.4) is 0 Å². The number of aromatic nitrogens is 2. The van der Waals surface area contributed by atoms with Crippen molar-refractivity contribution in [3.05, 3.63) is 53.0 Å². The number of rotatable bonds is 6. The average Bonchev–Trinajstić information content (AvgIpc) is 2.70. The molecule has 160 valence electrons. The molecule has 1 aliphatic rings. The van der Waals surface area contributed by atoms with Crippen molar-refractivity contribution in [1.82, 2.24) is 9.97 Å². The molecule has 0 saturated carbocycles. The standard InChI is InChI=1S/C22H26F3N5/c1-4-15-11-13(2)20(27-14(15)3)29-19-12-16(9-10-26)28-21(30-19)17-7-5-6-8-18(17)22(23,24)25/h5-8,12,15H,4,9-11,26H2,1-3H3,(H,28,29,30). The molecule has 2 heterocycles. The van der Waals surface area contributed by atoms with Gasteiger partial charge in [0.05, 0.1) is 5.56 Å². The Kier molecular flexibility index (Phi) is 6.55. The highest BCUT2D eigenvalue weighted by atomic mass is 19.4. The molecule has 0 amide bonds. The fourth-order valence-corrected chi connectivity index (χ4v) is 3.56. The van der Waals surface area contributed by atoms with Gasteiger partial charge in [0.2, 0.25) is 0 Å². The number of alkyl halides is 3. The Labute approximate surface area is 174 Å². The normalized spacial score (nSPS) is 17.2. The van der Waals surface area contributed by atoms with Crippen molar-refractivity contribution in [1.29, 1.82) is 0 Å². The lowest BCUT2D eigenvalue weighted by Crippen LogP contribution is -2.19. The van der Waals surface area contributed by atoms with E-state index in [0.717, 1.165) is 30.2 Å². The largest absolute Gasteiger partial charge is 0.417 e. The number of aliphatic imine (C=N–C) groups is 1. The Hall–Kier alpha value is -2.74. The van der Waals surface area contributed by atoms with Crippen molar-refractivity contribution in [2.24, 2.45) is 16.6 Å². The summed E-state index contributed by atoms with van der Waals surface area (Å²) in [6.45, 7) is 6.45. The lowest BCUT2D eigenvalue weighted by Gasteiger charge is -2.23. The minimum absolute atomic E-state index is 0.0116. The van der Waals surface area contributed by atoms with Crippen LogP contribution in [0.5, 0.6) is 0 Å². The van der Waals surface area contributed by atoms with Crippen molar-refractivity contribution >= 4 is 11.5 Å². The Balaban J connectivity index is 2.04. The van der Waals surface area contributed by atoms with Gasteiger partial charge >= 0.3 is 6.18 Å². The molecule has 3 N–H and O–H groups in total. The number of benzene rings is 1. The summed E-state index contributed by atoms with van der Waals surface area (Å²) in [7, 11) is 0. The molecule has 3 rings (SSSR count). The van der Waals surface area contributed by atoms with Crippen LogP contribution in [0.15, 0.2) is 46.7 Å². The van der Waals surface area contributed by atoms with Crippen molar-refractivity contribution in [3.63, 3.8) is 0 Å². The third-order valence-electron chi connectivity index (χ3n) is 5.23. The topological polar surface area (TPSA) is 76.2 Å². The van der Waals surface area contributed by atoms with Gasteiger partial charge in [0.25, 0.3) is 0 Å². The molecule has 1 atom stereocenters. The van der Waals surface area contributed by atoms with Crippen LogP contribution in [0.4, 0.5) is 19.0 Å². The van der Waals surface area contributed by atoms with Crippen LogP contribution in [0, 0.1) is 5.92 Å². The van der Waals surface area contributed by atoms with Crippen LogP contribution in [0.25, 0.3) is 11.4 Å². The summed E-state index contributed by atoms with van der Waals surface area (Å²) >= 11 is 0. The highest BCUT2D eigenvalue weighted by Gasteiger charge is 2.34. The predicted octanol–water partition coefficient (Wildman–Crippen LogP) is 5.20. The van der Waals surface area contributed by atoms with E-state index in [1.54, 1.807) is 12.1 Å². The van der Waals surface area contributed by atoms with Crippen LogP contribution in [-0.4, -0.2) is 22.2 Å². The SMILES string of the molecule is CCC1CC(C)=C(Nc2cc(CCN)nc(-c3ccccc3C(F)(F)F)n2)N=C1C. The maximum absolute atomic E-state index is 13.5. The molecule has 0 radical (unpaired) electrons. The molecule has 0 aliphatic carbocycles. The lowest BCUT2D eigenvalue weighted by atomic mass is 9.91. The van der Waals surface area contributed by atoms with Crippen LogP contribution >= 0.6 is 0 Å². The first-order valence-electron chi connectivity index (χ1n) is 9.99. The Morgan fingerprint density at radius 1 is 1.17 bits per heavy atom. The van der Waals surface area contributed by atoms with E-state index in [1.165, 1.54) is 12.1 Å². The second-order valence-electron chi connectivity index (χ2n) is 7.47. The molecular formula is C22H26F3N5. The molecule has 2 aromatic rings. The van der Waals surface area contributed by atoms with Gasteiger partial charge in [0.15, 0.2) is 5.82 Å². The van der Waals surface area contributed by atoms with E-state index in [1.807, 2.05) is 13.8 Å². The lowest BCUT2D eigenvalue weighted by molar-refractivity contribution is -0.137. The van der Waals surface area contributed by atoms with Gasteiger partial charge in [-0.2, -0.15) is 13.2 Å². The van der Waals surface area contributed by atoms with Crippen LogP contribution < -0.4 is 11.1 Å². The molecule has 0 bridgehead atoms. The number of nitrogens with zero attached hydrogens (tertiary/aromatic N) is 3. The highest BCUT2D eigenvalue weighted by molar-refractivity contribution is 5.87. The number of allylic oxidation sites excluding steroid dienone is 1. The second-order valence-corrected chi connectivity index (χ2v) is 7.47. The van der Waals surface area contributed by atoms with E-state index in [2.05, 4.69) is 27.2 Å². The molecule has 0 saturated heterocycles. The molecule has 0 fully saturated rings. The summed E-state index contributed by atoms with van der Waals surface area (Å²) in [4.78, 5) is 13.4. The van der Waals surface area contributed by atoms with Crippen molar-refractivity contribution < 1.29 is 13.2 Å². The molecule has 8 heteroatoms. The van der Waals surface area contributed by atoms with Crippen molar-refractivity contribution in [2.45, 2.75) is 46.2 Å². The van der Waals surface area contributed by atoms with Gasteiger partial charge in [-0.1, -0.05) is 25.1 Å². The third-order valence-corrected chi connectivity index (χ3v) is 5.23. The predicted molar refractivity (Wildman–Crippen MR) is 113 cm³/mol. The summed E-state index contributed by atoms with van der Waals surface area (Å²) < 4.78 is 40.5. The molecule has 30 heavy (non-hydrogen) atoms. The summed E-state index contributed by atoms with van der Waals surface area (Å²) in [6, 6.07) is 7.03. The minimum Gasteiger partial charge on any atom is -0.330 e. The van der Waals surface area contributed by atoms with Gasteiger partial charge < -0.3 is 11.1 Å². The van der Waals surface area contributed by atoms with Gasteiger partial charge in [-0.15, -0.1) is 0 Å². The van der Waals surface area contributed by atoms with Gasteiger partial charge in [0.1, 0.15) is 11.6 Å². The fraction of sp³-hybridized carbons (Fsp3) is 0.409. The second kappa shape index (κ2) is 8.95. The van der Waals surface area contributed by atoms with Crippen LogP contribution in [0.2, 0.25) is 0 Å². The molecule has 0 spiro atoms. The first-order valence-corrected chi connectivity index (χ1v) is 9.99. The zero-order chi connectivity index (χ0) is 21.9. The quantitative estimate of drug-likeness (QED) is 0.678. The first-order chi connectivity index (χ1) is 14.2. The van der Waals surface area contributed by atoms with Crippen LogP contribution in [-0.2, 0) is 12.6 Å². The molecule has 5 nitrogen and oxygen atoms in total. The number of halogens is 3. The van der Waals surface area contributed by atoms with Gasteiger partial charge in [-0.05, 0) is 44.9 Å². The van der Waals surface area contributed by atoms with Gasteiger partial charge in [-0.3, -0.25) is 0 Å². The zero-order valence-corrected chi connectivity index (χ0v) is 17.3. The number of hydrogen-bond donors (Lipinski definition) is 2. The Morgan fingerprint density at radius 3 is 2.57 bits per heavy atom. The Morgan fingerprint density at radius 2 is 1.90 bits per heavy atom. The Bertz CT molecular complexity index is 979. The first kappa shape index (κ1) is 22.0. The van der Waals surface area contributed by atoms with Crippen LogP contribution in [0.1, 0.15) is 44.9 Å². The molecular weight excluding hydrogens is 391 g/mol. The fourth-order valence-electron chi connectivity index (χ4n) is 3.56. The van der Waals surface area contributed by atoms with E-state index < -0.39 is 11.7 Å². The third kappa shape index (κ3) is 4.87. The smallest absolute Gasteiger partial charge is 0.330 e. The van der Waals surface area contributed by atoms with E-state index in [-0.39, 0.29) is 11.4 Å². The molecule has 1 aliphatic heterocycles. The van der Waals surface area contributed by atoms with Gasteiger partial charge in [0, 0.05) is 35.4 Å². The van der Waals surface area contributed by atoms with Gasteiger partial charge in [-0.25, -0.2) is 15.0 Å². The van der Waals surface area contributed by atoms with E-state index >= 15 is 0 Å². The van der Waals surface area contributed by atoms with Crippen molar-refractivity contribution in [3.8, 4) is 11.4 Å². The number of nitrogens with two attached hydrogens (primary N) is 1. The maximum Gasteiger partial charge on any atom is 0.417 e. The molecule has 1 aromatic carbocycles. The summed E-state index contributed by atoms with van der Waals surface area (Å²) in [5, 5.41) is 3.19. The molecule has 1 unspecified atom stereocenters. The zero-order valence-electron chi connectivity index (χ0n) is 17.3. The van der Waals surface area contributed by atoms with E-state index in [9.17, 15) is 13.2 Å².